The van der Waals surface area contributed by atoms with Gasteiger partial charge in [-0.2, -0.15) is 0 Å². The third-order valence-electron chi connectivity index (χ3n) is 3.45. The largest absolute Gasteiger partial charge is 0.467 e. The summed E-state index contributed by atoms with van der Waals surface area (Å²) in [6, 6.07) is 13.9. The van der Waals surface area contributed by atoms with Crippen molar-refractivity contribution >= 4 is 29.9 Å². The highest BCUT2D eigenvalue weighted by Gasteiger charge is 2.04. The van der Waals surface area contributed by atoms with Crippen molar-refractivity contribution < 1.29 is 4.42 Å². The van der Waals surface area contributed by atoms with E-state index >= 15 is 0 Å². The average molecular weight is 451 g/mol. The molecule has 0 amide bonds. The summed E-state index contributed by atoms with van der Waals surface area (Å²) < 4.78 is 5.31. The summed E-state index contributed by atoms with van der Waals surface area (Å²) in [6.07, 6.45) is 3.50. The number of nitrogens with zero attached hydrogens (tertiary/aromatic N) is 2. The first-order valence-electron chi connectivity index (χ1n) is 7.99. The van der Waals surface area contributed by atoms with Gasteiger partial charge in [0.15, 0.2) is 5.96 Å². The number of guanidine groups is 1. The quantitative estimate of drug-likeness (QED) is 0.305. The van der Waals surface area contributed by atoms with Crippen LogP contribution in [0.25, 0.3) is 11.3 Å². The fourth-order valence-corrected chi connectivity index (χ4v) is 2.29. The molecule has 1 aromatic carbocycles. The van der Waals surface area contributed by atoms with Gasteiger partial charge in [-0.1, -0.05) is 30.3 Å². The molecule has 0 bridgehead atoms. The number of hydrogen-bond acceptors (Lipinski definition) is 3. The van der Waals surface area contributed by atoms with Crippen LogP contribution in [0.1, 0.15) is 18.5 Å². The maximum atomic E-state index is 5.31. The maximum Gasteiger partial charge on any atom is 0.192 e. The molecular formula is C18H22IN5O. The van der Waals surface area contributed by atoms with Gasteiger partial charge in [0.25, 0.3) is 0 Å². The van der Waals surface area contributed by atoms with Crippen molar-refractivity contribution in [3.8, 4) is 11.3 Å². The van der Waals surface area contributed by atoms with Gasteiger partial charge in [0.1, 0.15) is 18.1 Å². The summed E-state index contributed by atoms with van der Waals surface area (Å²) in [6.45, 7) is 3.88. The first-order valence-corrected chi connectivity index (χ1v) is 7.99. The van der Waals surface area contributed by atoms with E-state index in [1.807, 2.05) is 43.5 Å². The number of halogens is 1. The summed E-state index contributed by atoms with van der Waals surface area (Å²) in [7, 11) is 0. The summed E-state index contributed by atoms with van der Waals surface area (Å²) in [4.78, 5) is 12.3. The Hall–Kier alpha value is -2.29. The van der Waals surface area contributed by atoms with Crippen LogP contribution in [-0.2, 0) is 13.1 Å². The zero-order chi connectivity index (χ0) is 16.6. The Balaban J connectivity index is 0.00000225. The molecule has 0 spiro atoms. The van der Waals surface area contributed by atoms with E-state index in [4.69, 9.17) is 4.42 Å². The van der Waals surface area contributed by atoms with Crippen LogP contribution in [-0.4, -0.2) is 22.5 Å². The lowest BCUT2D eigenvalue weighted by molar-refractivity contribution is 0.501. The lowest BCUT2D eigenvalue weighted by Gasteiger charge is -2.09. The molecule has 7 heteroatoms. The maximum absolute atomic E-state index is 5.31. The number of rotatable bonds is 6. The van der Waals surface area contributed by atoms with E-state index < -0.39 is 0 Å². The van der Waals surface area contributed by atoms with Crippen LogP contribution in [0.15, 0.2) is 64.3 Å². The third kappa shape index (κ3) is 5.63. The van der Waals surface area contributed by atoms with Gasteiger partial charge >= 0.3 is 0 Å². The van der Waals surface area contributed by atoms with Gasteiger partial charge in [-0.25, -0.2) is 9.98 Å². The highest BCUT2D eigenvalue weighted by atomic mass is 127. The highest BCUT2D eigenvalue weighted by Crippen LogP contribution is 2.16. The summed E-state index contributed by atoms with van der Waals surface area (Å²) >= 11 is 0. The van der Waals surface area contributed by atoms with Gasteiger partial charge in [-0.15, -0.1) is 24.0 Å². The van der Waals surface area contributed by atoms with Gasteiger partial charge in [-0.05, 0) is 24.6 Å². The molecule has 0 aliphatic carbocycles. The molecule has 0 saturated carbocycles. The summed E-state index contributed by atoms with van der Waals surface area (Å²) in [5.74, 6) is 2.42. The average Bonchev–Trinajstić information content (AvgIpc) is 3.30. The number of nitrogens with one attached hydrogen (secondary N) is 3. The van der Waals surface area contributed by atoms with Crippen LogP contribution in [0, 0.1) is 0 Å². The number of aromatic amines is 1. The molecule has 0 unspecified atom stereocenters. The normalized spacial score (nSPS) is 11.0. The van der Waals surface area contributed by atoms with Crippen LogP contribution in [0.2, 0.25) is 0 Å². The lowest BCUT2D eigenvalue weighted by Crippen LogP contribution is -2.36. The number of furan rings is 1. The fraction of sp³-hybridized carbons (Fsp3) is 0.222. The van der Waals surface area contributed by atoms with Crippen LogP contribution < -0.4 is 10.6 Å². The second-order valence-corrected chi connectivity index (χ2v) is 5.24. The number of aliphatic imine (C=N–C) groups is 1. The SMILES string of the molecule is CCNC(=NCc1ncc(-c2ccccc2)[nH]1)NCc1ccco1.I. The monoisotopic (exact) mass is 451 g/mol. The van der Waals surface area contributed by atoms with E-state index in [-0.39, 0.29) is 24.0 Å². The Morgan fingerprint density at radius 3 is 2.72 bits per heavy atom. The Morgan fingerprint density at radius 1 is 1.16 bits per heavy atom. The van der Waals surface area contributed by atoms with Gasteiger partial charge in [0, 0.05) is 6.54 Å². The Kier molecular flexibility index (Phi) is 7.52. The predicted molar refractivity (Wildman–Crippen MR) is 110 cm³/mol. The third-order valence-corrected chi connectivity index (χ3v) is 3.45. The fourth-order valence-electron chi connectivity index (χ4n) is 2.29. The molecule has 0 atom stereocenters. The predicted octanol–water partition coefficient (Wildman–Crippen LogP) is 3.54. The van der Waals surface area contributed by atoms with Crippen LogP contribution >= 0.6 is 24.0 Å². The molecule has 0 aliphatic rings. The minimum absolute atomic E-state index is 0. The molecule has 132 valence electrons. The molecule has 6 nitrogen and oxygen atoms in total. The lowest BCUT2D eigenvalue weighted by atomic mass is 10.2. The standard InChI is InChI=1S/C18H21N5O.HI/c1-2-19-18(21-11-15-9-6-10-24-15)22-13-17-20-12-16(23-17)14-7-4-3-5-8-14;/h3-10,12H,2,11,13H2,1H3,(H,20,23)(H2,19,21,22);1H. The Bertz CT molecular complexity index is 768. The van der Waals surface area contributed by atoms with E-state index in [1.54, 1.807) is 6.26 Å². The zero-order valence-corrected chi connectivity index (χ0v) is 16.4. The van der Waals surface area contributed by atoms with Crippen molar-refractivity contribution in [2.75, 3.05) is 6.54 Å². The zero-order valence-electron chi connectivity index (χ0n) is 14.0. The summed E-state index contributed by atoms with van der Waals surface area (Å²) in [5.41, 5.74) is 2.11. The topological polar surface area (TPSA) is 78.2 Å². The van der Waals surface area contributed by atoms with E-state index in [1.165, 1.54) is 0 Å². The molecule has 3 rings (SSSR count). The smallest absolute Gasteiger partial charge is 0.192 e. The van der Waals surface area contributed by atoms with Crippen molar-refractivity contribution in [3.63, 3.8) is 0 Å². The molecule has 0 aliphatic heterocycles. The molecule has 0 saturated heterocycles. The summed E-state index contributed by atoms with van der Waals surface area (Å²) in [5, 5.41) is 6.44. The molecule has 3 aromatic rings. The van der Waals surface area contributed by atoms with Crippen molar-refractivity contribution in [1.82, 2.24) is 20.6 Å². The minimum atomic E-state index is 0. The number of benzene rings is 1. The van der Waals surface area contributed by atoms with Gasteiger partial charge in [0.05, 0.1) is 24.7 Å². The second-order valence-electron chi connectivity index (χ2n) is 5.24. The van der Waals surface area contributed by atoms with Crippen molar-refractivity contribution in [3.05, 3.63) is 66.5 Å². The highest BCUT2D eigenvalue weighted by molar-refractivity contribution is 14.0. The molecule has 2 heterocycles. The first kappa shape index (κ1) is 19.0. The van der Waals surface area contributed by atoms with Crippen LogP contribution in [0.3, 0.4) is 0 Å². The molecule has 3 N–H and O–H groups in total. The molecule has 2 aromatic heterocycles. The van der Waals surface area contributed by atoms with Crippen molar-refractivity contribution in [1.29, 1.82) is 0 Å². The minimum Gasteiger partial charge on any atom is -0.467 e. The first-order chi connectivity index (χ1) is 11.8. The van der Waals surface area contributed by atoms with E-state index in [9.17, 15) is 0 Å². The molecule has 0 radical (unpaired) electrons. The number of aromatic nitrogens is 2. The molecular weight excluding hydrogens is 429 g/mol. The van der Waals surface area contributed by atoms with E-state index in [2.05, 4.69) is 37.7 Å². The number of imidazole rings is 1. The number of H-pyrrole nitrogens is 1. The van der Waals surface area contributed by atoms with E-state index in [0.29, 0.717) is 13.1 Å². The molecule has 25 heavy (non-hydrogen) atoms. The van der Waals surface area contributed by atoms with Crippen molar-refractivity contribution in [2.24, 2.45) is 4.99 Å². The Morgan fingerprint density at radius 2 is 2.00 bits per heavy atom. The second kappa shape index (κ2) is 9.87. The van der Waals surface area contributed by atoms with Crippen molar-refractivity contribution in [2.45, 2.75) is 20.0 Å². The van der Waals surface area contributed by atoms with Gasteiger partial charge in [-0.3, -0.25) is 0 Å². The van der Waals surface area contributed by atoms with E-state index in [0.717, 1.165) is 35.3 Å². The van der Waals surface area contributed by atoms with Crippen LogP contribution in [0.5, 0.6) is 0 Å². The van der Waals surface area contributed by atoms with Gasteiger partial charge < -0.3 is 20.0 Å². The van der Waals surface area contributed by atoms with Crippen LogP contribution in [0.4, 0.5) is 0 Å². The van der Waals surface area contributed by atoms with Gasteiger partial charge in [0.2, 0.25) is 0 Å². The number of hydrogen-bond donors (Lipinski definition) is 3. The Labute approximate surface area is 164 Å². The molecule has 0 fully saturated rings.